The minimum absolute atomic E-state index is 0.174. The van der Waals surface area contributed by atoms with E-state index in [1.165, 1.54) is 28.8 Å². The maximum Gasteiger partial charge on any atom is 0.270 e. The van der Waals surface area contributed by atoms with Gasteiger partial charge in [0.2, 0.25) is 0 Å². The molecule has 0 atom stereocenters. The van der Waals surface area contributed by atoms with Gasteiger partial charge in [-0.3, -0.25) is 19.5 Å². The van der Waals surface area contributed by atoms with Crippen LogP contribution in [0.1, 0.15) is 17.8 Å². The molecule has 130 valence electrons. The van der Waals surface area contributed by atoms with Crippen LogP contribution >= 0.6 is 0 Å². The van der Waals surface area contributed by atoms with Gasteiger partial charge in [-0.1, -0.05) is 6.07 Å². The van der Waals surface area contributed by atoms with Crippen LogP contribution < -0.4 is 5.56 Å². The van der Waals surface area contributed by atoms with Gasteiger partial charge < -0.3 is 0 Å². The number of nitro groups is 1. The van der Waals surface area contributed by atoms with Gasteiger partial charge >= 0.3 is 0 Å². The highest BCUT2D eigenvalue weighted by Gasteiger charge is 2.22. The molecule has 2 aromatic carbocycles. The number of rotatable bonds is 2. The average molecular weight is 355 g/mol. The molecule has 0 radical (unpaired) electrons. The molecule has 0 unspecified atom stereocenters. The van der Waals surface area contributed by atoms with E-state index in [0.29, 0.717) is 35.4 Å². The molecular weight excluding hydrogens is 344 g/mol. The number of fused-ring (bicyclic) bond motifs is 2. The van der Waals surface area contributed by atoms with Gasteiger partial charge in [0.05, 0.1) is 15.8 Å². The van der Waals surface area contributed by atoms with Gasteiger partial charge in [0.1, 0.15) is 5.82 Å². The Balaban J connectivity index is 1.86. The Morgan fingerprint density at radius 1 is 1.15 bits per heavy atom. The lowest BCUT2D eigenvalue weighted by Crippen LogP contribution is -2.20. The molecule has 0 N–H and O–H groups in total. The number of halogens is 2. The lowest BCUT2D eigenvalue weighted by atomic mass is 10.1. The van der Waals surface area contributed by atoms with Crippen molar-refractivity contribution < 1.29 is 13.7 Å². The number of benzene rings is 2. The number of nitrogens with zero attached hydrogens (tertiary/aromatic N) is 3. The van der Waals surface area contributed by atoms with Crippen LogP contribution in [0.2, 0.25) is 0 Å². The van der Waals surface area contributed by atoms with Crippen molar-refractivity contribution in [3.63, 3.8) is 0 Å². The molecular formula is C18H11F2N3O3. The van der Waals surface area contributed by atoms with Gasteiger partial charge in [0, 0.05) is 18.7 Å². The molecule has 2 heterocycles. The van der Waals surface area contributed by atoms with E-state index in [-0.39, 0.29) is 16.6 Å². The molecule has 0 aliphatic carbocycles. The zero-order valence-corrected chi connectivity index (χ0v) is 13.3. The number of non-ortho nitro benzene ring substituents is 1. The van der Waals surface area contributed by atoms with Crippen LogP contribution in [0.5, 0.6) is 0 Å². The van der Waals surface area contributed by atoms with E-state index in [1.807, 2.05) is 0 Å². The summed E-state index contributed by atoms with van der Waals surface area (Å²) >= 11 is 0. The van der Waals surface area contributed by atoms with Gasteiger partial charge in [-0.25, -0.2) is 13.8 Å². The standard InChI is InChI=1S/C18H11F2N3O3/c19-14-3-1-10(8-15(14)20)7-11-5-6-22-17(11)21-16-4-2-12(23(25)26)9-13(16)18(22)24/h1-4,7-9H,5-6H2/b11-7+. The summed E-state index contributed by atoms with van der Waals surface area (Å²) < 4.78 is 27.9. The van der Waals surface area contributed by atoms with Crippen LogP contribution in [0.3, 0.4) is 0 Å². The molecule has 0 bridgehead atoms. The fraction of sp³-hybridized carbons (Fsp3) is 0.111. The topological polar surface area (TPSA) is 78.0 Å². The Morgan fingerprint density at radius 2 is 1.96 bits per heavy atom. The minimum atomic E-state index is -0.950. The second-order valence-corrected chi connectivity index (χ2v) is 5.94. The van der Waals surface area contributed by atoms with Crippen LogP contribution in [0.4, 0.5) is 14.5 Å². The third-order valence-electron chi connectivity index (χ3n) is 4.33. The van der Waals surface area contributed by atoms with E-state index in [0.717, 1.165) is 12.1 Å². The highest BCUT2D eigenvalue weighted by atomic mass is 19.2. The van der Waals surface area contributed by atoms with Crippen molar-refractivity contribution in [1.29, 1.82) is 0 Å². The molecule has 4 rings (SSSR count). The van der Waals surface area contributed by atoms with E-state index < -0.39 is 16.6 Å². The van der Waals surface area contributed by atoms with E-state index in [4.69, 9.17) is 0 Å². The van der Waals surface area contributed by atoms with Gasteiger partial charge in [-0.2, -0.15) is 0 Å². The van der Waals surface area contributed by atoms with Gasteiger partial charge in [-0.05, 0) is 41.8 Å². The van der Waals surface area contributed by atoms with Crippen molar-refractivity contribution >= 4 is 28.2 Å². The van der Waals surface area contributed by atoms with Crippen LogP contribution in [0.15, 0.2) is 41.2 Å². The lowest BCUT2D eigenvalue weighted by molar-refractivity contribution is -0.384. The predicted octanol–water partition coefficient (Wildman–Crippen LogP) is 3.53. The van der Waals surface area contributed by atoms with Gasteiger partial charge in [0.15, 0.2) is 11.6 Å². The fourth-order valence-corrected chi connectivity index (χ4v) is 3.06. The summed E-state index contributed by atoms with van der Waals surface area (Å²) in [5.74, 6) is -1.45. The highest BCUT2D eigenvalue weighted by molar-refractivity contribution is 5.85. The second kappa shape index (κ2) is 5.83. The third kappa shape index (κ3) is 2.55. The fourth-order valence-electron chi connectivity index (χ4n) is 3.06. The second-order valence-electron chi connectivity index (χ2n) is 5.94. The molecule has 0 saturated heterocycles. The zero-order chi connectivity index (χ0) is 18.4. The van der Waals surface area contributed by atoms with Crippen molar-refractivity contribution in [2.75, 3.05) is 0 Å². The molecule has 1 aliphatic heterocycles. The smallest absolute Gasteiger partial charge is 0.270 e. The summed E-state index contributed by atoms with van der Waals surface area (Å²) in [6.45, 7) is 0.370. The van der Waals surface area contributed by atoms with Crippen molar-refractivity contribution in [2.45, 2.75) is 13.0 Å². The Hall–Kier alpha value is -3.42. The van der Waals surface area contributed by atoms with E-state index in [9.17, 15) is 23.7 Å². The number of hydrogen-bond acceptors (Lipinski definition) is 4. The van der Waals surface area contributed by atoms with Crippen LogP contribution in [-0.4, -0.2) is 14.5 Å². The first-order chi connectivity index (χ1) is 12.4. The zero-order valence-electron chi connectivity index (χ0n) is 13.3. The first-order valence-corrected chi connectivity index (χ1v) is 7.79. The maximum absolute atomic E-state index is 13.4. The number of allylic oxidation sites excluding steroid dienone is 1. The molecule has 6 nitrogen and oxygen atoms in total. The van der Waals surface area contributed by atoms with Crippen LogP contribution in [0, 0.1) is 21.7 Å². The van der Waals surface area contributed by atoms with E-state index >= 15 is 0 Å². The monoisotopic (exact) mass is 355 g/mol. The SMILES string of the molecule is O=c1c2cc([N+](=O)[O-])ccc2nc2n1CC/C2=C\c1ccc(F)c(F)c1. The molecule has 3 aromatic rings. The van der Waals surface area contributed by atoms with Crippen molar-refractivity contribution in [3.05, 3.63) is 79.9 Å². The Kier molecular flexibility index (Phi) is 3.61. The maximum atomic E-state index is 13.4. The first kappa shape index (κ1) is 16.1. The van der Waals surface area contributed by atoms with Crippen molar-refractivity contribution in [2.24, 2.45) is 0 Å². The quantitative estimate of drug-likeness (QED) is 0.520. The Bertz CT molecular complexity index is 1170. The summed E-state index contributed by atoms with van der Waals surface area (Å²) in [4.78, 5) is 27.4. The minimum Gasteiger partial charge on any atom is -0.292 e. The third-order valence-corrected chi connectivity index (χ3v) is 4.33. The number of nitro benzene ring substituents is 1. The molecule has 1 aromatic heterocycles. The Labute approximate surface area is 145 Å². The first-order valence-electron chi connectivity index (χ1n) is 7.79. The lowest BCUT2D eigenvalue weighted by Gasteiger charge is -2.05. The van der Waals surface area contributed by atoms with E-state index in [2.05, 4.69) is 4.98 Å². The van der Waals surface area contributed by atoms with Gasteiger partial charge in [-0.15, -0.1) is 0 Å². The highest BCUT2D eigenvalue weighted by Crippen LogP contribution is 2.28. The molecule has 1 aliphatic rings. The molecule has 8 heteroatoms. The van der Waals surface area contributed by atoms with E-state index in [1.54, 1.807) is 6.08 Å². The Morgan fingerprint density at radius 3 is 2.69 bits per heavy atom. The summed E-state index contributed by atoms with van der Waals surface area (Å²) in [7, 11) is 0. The summed E-state index contributed by atoms with van der Waals surface area (Å²) in [5, 5.41) is 11.1. The van der Waals surface area contributed by atoms with Gasteiger partial charge in [0.25, 0.3) is 11.2 Å². The van der Waals surface area contributed by atoms with Crippen molar-refractivity contribution in [1.82, 2.24) is 9.55 Å². The number of aromatic nitrogens is 2. The molecule has 26 heavy (non-hydrogen) atoms. The predicted molar refractivity (Wildman–Crippen MR) is 91.5 cm³/mol. The van der Waals surface area contributed by atoms with Crippen molar-refractivity contribution in [3.8, 4) is 0 Å². The molecule has 0 saturated carbocycles. The molecule has 0 fully saturated rings. The van der Waals surface area contributed by atoms with Crippen LogP contribution in [0.25, 0.3) is 22.6 Å². The summed E-state index contributed by atoms with van der Waals surface area (Å²) in [5.41, 5.74) is 0.999. The van der Waals surface area contributed by atoms with Crippen LogP contribution in [-0.2, 0) is 6.54 Å². The summed E-state index contributed by atoms with van der Waals surface area (Å²) in [6, 6.07) is 7.50. The summed E-state index contributed by atoms with van der Waals surface area (Å²) in [6.07, 6.45) is 2.16. The average Bonchev–Trinajstić information content (AvgIpc) is 3.01. The largest absolute Gasteiger partial charge is 0.292 e. The molecule has 0 amide bonds. The number of hydrogen-bond donors (Lipinski definition) is 0. The normalized spacial score (nSPS) is 14.8. The molecule has 0 spiro atoms.